The van der Waals surface area contributed by atoms with Crippen LogP contribution in [0, 0.1) is 11.8 Å². The van der Waals surface area contributed by atoms with Gasteiger partial charge in [0.25, 0.3) is 0 Å². The highest BCUT2D eigenvalue weighted by molar-refractivity contribution is 5.85. The van der Waals surface area contributed by atoms with Gasteiger partial charge in [0.2, 0.25) is 11.4 Å². The number of rotatable bonds is 31. The molecule has 1 heterocycles. The average Bonchev–Trinajstić information content (AvgIpc) is 3.47. The Labute approximate surface area is 334 Å². The molecule has 2 aromatic rings. The van der Waals surface area contributed by atoms with E-state index >= 15 is 0 Å². The van der Waals surface area contributed by atoms with Crippen molar-refractivity contribution < 1.29 is 4.70 Å². The fourth-order valence-electron chi connectivity index (χ4n) is 8.17. The lowest BCUT2D eigenvalue weighted by Gasteiger charge is -2.11. The highest BCUT2D eigenvalue weighted by Crippen LogP contribution is 2.42. The molecule has 0 spiro atoms. The first-order valence-electron chi connectivity index (χ1n) is 23.3. The standard InChI is InChI=1S/C52H80N2/c1-5-9-12-13-14-15-16-17-18-19-20-21-22-23-24-25-26-27-28-29-30-33-42-50-49(8-4)51(47-40-34-38-45(43-47)36-31-10-6-2)54(53)52(50)48-41-35-39-46(44-48)37-32-11-7-3/h34-35,38-41,43-44H,5-32,36-37H2,1-4H3. The third kappa shape index (κ3) is 17.3. The van der Waals surface area contributed by atoms with Crippen LogP contribution in [0.4, 0.5) is 0 Å². The van der Waals surface area contributed by atoms with Gasteiger partial charge in [0.1, 0.15) is 5.57 Å². The van der Waals surface area contributed by atoms with Crippen molar-refractivity contribution in [3.63, 3.8) is 0 Å². The topological polar surface area (TPSA) is 25.3 Å². The first kappa shape index (κ1) is 45.5. The van der Waals surface area contributed by atoms with E-state index in [0.29, 0.717) is 0 Å². The Kier molecular flexibility index (Phi) is 24.7. The van der Waals surface area contributed by atoms with Gasteiger partial charge in [-0.1, -0.05) is 211 Å². The van der Waals surface area contributed by atoms with Crippen molar-refractivity contribution in [1.82, 2.24) is 0 Å². The minimum absolute atomic E-state index is 0.829. The summed E-state index contributed by atoms with van der Waals surface area (Å²) >= 11 is 0. The second-order valence-corrected chi connectivity index (χ2v) is 16.3. The molecule has 3 rings (SSSR count). The second kappa shape index (κ2) is 29.4. The smallest absolute Gasteiger partial charge is 0.223 e. The van der Waals surface area contributed by atoms with Gasteiger partial charge in [-0.25, -0.2) is 4.70 Å². The van der Waals surface area contributed by atoms with Gasteiger partial charge in [-0.15, -0.1) is 0 Å². The monoisotopic (exact) mass is 733 g/mol. The number of hydrogen-bond donors (Lipinski definition) is 0. The van der Waals surface area contributed by atoms with Crippen molar-refractivity contribution in [2.75, 3.05) is 0 Å². The number of benzene rings is 2. The van der Waals surface area contributed by atoms with Gasteiger partial charge in [0.15, 0.2) is 0 Å². The van der Waals surface area contributed by atoms with E-state index in [1.54, 1.807) is 0 Å². The number of hydrogen-bond acceptors (Lipinski definition) is 0. The summed E-state index contributed by atoms with van der Waals surface area (Å²) in [5, 5.41) is 0. The molecule has 0 aromatic heterocycles. The van der Waals surface area contributed by atoms with E-state index in [1.165, 1.54) is 176 Å². The van der Waals surface area contributed by atoms with Crippen LogP contribution in [0.25, 0.3) is 16.9 Å². The molecule has 1 aliphatic heterocycles. The zero-order valence-corrected chi connectivity index (χ0v) is 35.7. The second-order valence-electron chi connectivity index (χ2n) is 16.3. The van der Waals surface area contributed by atoms with Crippen molar-refractivity contribution in [3.8, 4) is 11.8 Å². The third-order valence-electron chi connectivity index (χ3n) is 11.5. The van der Waals surface area contributed by atoms with Gasteiger partial charge in [-0.05, 0) is 73.9 Å². The van der Waals surface area contributed by atoms with E-state index in [2.05, 4.69) is 88.1 Å². The van der Waals surface area contributed by atoms with Crippen molar-refractivity contribution in [3.05, 3.63) is 87.5 Å². The van der Waals surface area contributed by atoms with Crippen LogP contribution in [0.1, 0.15) is 230 Å². The molecule has 0 atom stereocenters. The van der Waals surface area contributed by atoms with Crippen molar-refractivity contribution >= 4 is 11.4 Å². The lowest BCUT2D eigenvalue weighted by Crippen LogP contribution is -2.03. The Balaban J connectivity index is 1.47. The van der Waals surface area contributed by atoms with Crippen LogP contribution >= 0.6 is 0 Å². The molecule has 2 heteroatoms. The Bertz CT molecular complexity index is 1450. The zero-order chi connectivity index (χ0) is 38.5. The summed E-state index contributed by atoms with van der Waals surface area (Å²) in [7, 11) is 0. The molecule has 0 amide bonds. The molecule has 2 nitrogen and oxygen atoms in total. The molecule has 0 bridgehead atoms. The van der Waals surface area contributed by atoms with Crippen molar-refractivity contribution in [2.45, 2.75) is 220 Å². The molecule has 2 aromatic carbocycles. The number of aryl methyl sites for hydroxylation is 2. The maximum absolute atomic E-state index is 12.0. The molecule has 0 N–H and O–H groups in total. The van der Waals surface area contributed by atoms with E-state index in [1.807, 2.05) is 0 Å². The Morgan fingerprint density at radius 2 is 0.852 bits per heavy atom. The van der Waals surface area contributed by atoms with Crippen LogP contribution in [0.3, 0.4) is 0 Å². The molecule has 0 fully saturated rings. The molecule has 0 saturated heterocycles. The molecule has 1 aliphatic rings. The highest BCUT2D eigenvalue weighted by atomic mass is 15.2. The first-order chi connectivity index (χ1) is 26.6. The van der Waals surface area contributed by atoms with E-state index < -0.39 is 0 Å². The number of allylic oxidation sites excluding steroid dienone is 2. The summed E-state index contributed by atoms with van der Waals surface area (Å²) in [6, 6.07) is 17.7. The van der Waals surface area contributed by atoms with Crippen LogP contribution in [-0.4, -0.2) is 4.70 Å². The van der Waals surface area contributed by atoms with Crippen LogP contribution in [0.2, 0.25) is 0 Å². The molecule has 0 radical (unpaired) electrons. The molecule has 0 saturated carbocycles. The summed E-state index contributed by atoms with van der Waals surface area (Å²) in [4.78, 5) is 0. The molecular formula is C52H80N2. The summed E-state index contributed by atoms with van der Waals surface area (Å²) in [6.45, 7) is 9.03. The van der Waals surface area contributed by atoms with Crippen molar-refractivity contribution in [2.24, 2.45) is 0 Å². The predicted molar refractivity (Wildman–Crippen MR) is 237 cm³/mol. The molecule has 298 valence electrons. The quantitative estimate of drug-likeness (QED) is 0.0419. The minimum atomic E-state index is 0.829. The minimum Gasteiger partial charge on any atom is -0.493 e. The Morgan fingerprint density at radius 3 is 1.28 bits per heavy atom. The van der Waals surface area contributed by atoms with Gasteiger partial charge in [0.05, 0.1) is 0 Å². The number of nitrogens with zero attached hydrogens (tertiary/aromatic N) is 2. The van der Waals surface area contributed by atoms with Gasteiger partial charge >= 0.3 is 0 Å². The summed E-state index contributed by atoms with van der Waals surface area (Å²) in [5.74, 6) is 7.19. The third-order valence-corrected chi connectivity index (χ3v) is 11.5. The van der Waals surface area contributed by atoms with E-state index in [0.717, 1.165) is 65.8 Å². The van der Waals surface area contributed by atoms with Crippen molar-refractivity contribution in [1.29, 1.82) is 0 Å². The summed E-state index contributed by atoms with van der Waals surface area (Å²) < 4.78 is 1.47. The summed E-state index contributed by atoms with van der Waals surface area (Å²) in [5.41, 5.74) is 20.7. The zero-order valence-electron chi connectivity index (χ0n) is 35.7. The predicted octanol–water partition coefficient (Wildman–Crippen LogP) is 16.9. The van der Waals surface area contributed by atoms with Crippen LogP contribution in [-0.2, 0) is 12.8 Å². The Hall–Kier alpha value is -2.92. The number of unbranched alkanes of at least 4 members (excludes halogenated alkanes) is 24. The van der Waals surface area contributed by atoms with Gasteiger partial charge < -0.3 is 5.53 Å². The summed E-state index contributed by atoms with van der Waals surface area (Å²) in [6.07, 6.45) is 39.3. The first-order valence-corrected chi connectivity index (χ1v) is 23.3. The van der Waals surface area contributed by atoms with Gasteiger partial charge in [-0.2, -0.15) is 0 Å². The van der Waals surface area contributed by atoms with Gasteiger partial charge in [-0.3, -0.25) is 0 Å². The van der Waals surface area contributed by atoms with E-state index in [9.17, 15) is 5.53 Å². The largest absolute Gasteiger partial charge is 0.493 e. The lowest BCUT2D eigenvalue weighted by molar-refractivity contribution is -0.345. The highest BCUT2D eigenvalue weighted by Gasteiger charge is 2.34. The lowest BCUT2D eigenvalue weighted by atomic mass is 9.96. The van der Waals surface area contributed by atoms with Crippen LogP contribution in [0.15, 0.2) is 59.7 Å². The van der Waals surface area contributed by atoms with E-state index in [4.69, 9.17) is 0 Å². The average molecular weight is 733 g/mol. The Morgan fingerprint density at radius 1 is 0.463 bits per heavy atom. The van der Waals surface area contributed by atoms with Crippen LogP contribution in [0.5, 0.6) is 0 Å². The normalized spacial score (nSPS) is 12.9. The molecular weight excluding hydrogens is 653 g/mol. The maximum Gasteiger partial charge on any atom is 0.223 e. The molecule has 0 aliphatic carbocycles. The SMILES string of the molecule is CCCCCCCCCCCCCCCCCCCCCCC#CC1=C(c2cccc(CCCCC)c2)[N+](=[N-])C(c2cccc(CCCCC)c2)=C1CC. The fraction of sp³-hybridized carbons (Fsp3) is 0.654. The fourth-order valence-corrected chi connectivity index (χ4v) is 8.17. The van der Waals surface area contributed by atoms with Crippen LogP contribution < -0.4 is 0 Å². The van der Waals surface area contributed by atoms with E-state index in [-0.39, 0.29) is 0 Å². The van der Waals surface area contributed by atoms with Gasteiger partial charge in [0, 0.05) is 23.1 Å². The maximum atomic E-state index is 12.0. The molecule has 54 heavy (non-hydrogen) atoms. The molecule has 0 unspecified atom stereocenters.